The smallest absolute Gasteiger partial charge is 0.275 e. The van der Waals surface area contributed by atoms with Crippen LogP contribution in [-0.4, -0.2) is 33.8 Å². The van der Waals surface area contributed by atoms with Crippen molar-refractivity contribution in [3.8, 4) is 0 Å². The number of benzene rings is 2. The summed E-state index contributed by atoms with van der Waals surface area (Å²) in [6.07, 6.45) is 3.49. The summed E-state index contributed by atoms with van der Waals surface area (Å²) in [5, 5.41) is 0.680. The van der Waals surface area contributed by atoms with E-state index in [9.17, 15) is 9.18 Å². The van der Waals surface area contributed by atoms with E-state index in [0.29, 0.717) is 36.2 Å². The number of amides is 1. The van der Waals surface area contributed by atoms with Crippen molar-refractivity contribution in [2.24, 2.45) is 0 Å². The van der Waals surface area contributed by atoms with Crippen molar-refractivity contribution in [3.05, 3.63) is 88.3 Å². The third kappa shape index (κ3) is 5.07. The Morgan fingerprint density at radius 2 is 1.80 bits per heavy atom. The normalized spacial score (nSPS) is 13.9. The molecule has 1 aliphatic heterocycles. The van der Waals surface area contributed by atoms with Gasteiger partial charge in [0.15, 0.2) is 5.69 Å². The number of nitrogens with zero attached hydrogens (tertiary/aromatic N) is 3. The van der Waals surface area contributed by atoms with Crippen LogP contribution in [0.4, 0.5) is 4.39 Å². The molecule has 0 aliphatic carbocycles. The van der Waals surface area contributed by atoms with Gasteiger partial charge in [-0.15, -0.1) is 0 Å². The van der Waals surface area contributed by atoms with E-state index in [4.69, 9.17) is 16.0 Å². The molecule has 4 rings (SSSR count). The maximum absolute atomic E-state index is 13.3. The summed E-state index contributed by atoms with van der Waals surface area (Å²) in [7, 11) is 0. The van der Waals surface area contributed by atoms with Gasteiger partial charge in [0, 0.05) is 31.2 Å². The van der Waals surface area contributed by atoms with Gasteiger partial charge in [-0.05, 0) is 42.2 Å². The number of carbonyl (C=O) groups excluding carboxylic acids is 1. The minimum absolute atomic E-state index is 0.0845. The van der Waals surface area contributed by atoms with Crippen LogP contribution in [-0.2, 0) is 19.6 Å². The van der Waals surface area contributed by atoms with Gasteiger partial charge in [0.05, 0.1) is 6.54 Å². The van der Waals surface area contributed by atoms with E-state index in [1.54, 1.807) is 12.1 Å². The Hall–Kier alpha value is -2.70. The number of aromatic nitrogens is 1. The zero-order valence-corrected chi connectivity index (χ0v) is 17.3. The molecule has 1 saturated heterocycles. The number of rotatable bonds is 7. The van der Waals surface area contributed by atoms with Crippen molar-refractivity contribution in [1.82, 2.24) is 14.8 Å². The Labute approximate surface area is 180 Å². The first-order chi connectivity index (χ1) is 14.6. The molecule has 1 aliphatic rings. The van der Waals surface area contributed by atoms with E-state index >= 15 is 0 Å². The third-order valence-electron chi connectivity index (χ3n) is 5.19. The molecule has 156 valence electrons. The van der Waals surface area contributed by atoms with Gasteiger partial charge in [-0.1, -0.05) is 41.9 Å². The largest absolute Gasteiger partial charge is 0.447 e. The highest BCUT2D eigenvalue weighted by Gasteiger charge is 2.23. The fraction of sp³-hybridized carbons (Fsp3) is 0.304. The summed E-state index contributed by atoms with van der Waals surface area (Å²) >= 11 is 6.35. The van der Waals surface area contributed by atoms with E-state index in [0.717, 1.165) is 37.1 Å². The van der Waals surface area contributed by atoms with Crippen molar-refractivity contribution >= 4 is 17.5 Å². The molecular weight excluding hydrogens is 405 g/mol. The molecule has 0 radical (unpaired) electrons. The van der Waals surface area contributed by atoms with Crippen molar-refractivity contribution in [2.45, 2.75) is 32.5 Å². The van der Waals surface area contributed by atoms with Crippen molar-refractivity contribution in [1.29, 1.82) is 0 Å². The van der Waals surface area contributed by atoms with Gasteiger partial charge in [0.25, 0.3) is 5.91 Å². The van der Waals surface area contributed by atoms with Gasteiger partial charge in [-0.25, -0.2) is 9.37 Å². The second-order valence-electron chi connectivity index (χ2n) is 7.49. The lowest BCUT2D eigenvalue weighted by Gasteiger charge is -2.21. The molecule has 0 spiro atoms. The van der Waals surface area contributed by atoms with Crippen LogP contribution in [0.1, 0.15) is 40.3 Å². The van der Waals surface area contributed by atoms with Crippen LogP contribution in [0.2, 0.25) is 5.02 Å². The molecule has 2 heterocycles. The molecule has 5 nitrogen and oxygen atoms in total. The Morgan fingerprint density at radius 3 is 2.53 bits per heavy atom. The van der Waals surface area contributed by atoms with Gasteiger partial charge in [0.2, 0.25) is 5.89 Å². The maximum Gasteiger partial charge on any atom is 0.275 e. The molecule has 0 bridgehead atoms. The summed E-state index contributed by atoms with van der Waals surface area (Å²) < 4.78 is 18.9. The molecule has 1 amide bonds. The minimum Gasteiger partial charge on any atom is -0.447 e. The van der Waals surface area contributed by atoms with Crippen LogP contribution in [0.15, 0.2) is 59.2 Å². The molecular formula is C23H23ClFN3O2. The van der Waals surface area contributed by atoms with Gasteiger partial charge < -0.3 is 9.32 Å². The van der Waals surface area contributed by atoms with Crippen molar-refractivity contribution in [3.63, 3.8) is 0 Å². The number of carbonyl (C=O) groups is 1. The summed E-state index contributed by atoms with van der Waals surface area (Å²) in [6.45, 7) is 3.06. The molecule has 0 atom stereocenters. The molecule has 2 aromatic carbocycles. The molecule has 1 fully saturated rings. The first-order valence-corrected chi connectivity index (χ1v) is 10.4. The average molecular weight is 428 g/mol. The van der Waals surface area contributed by atoms with Crippen LogP contribution in [0.25, 0.3) is 0 Å². The van der Waals surface area contributed by atoms with E-state index < -0.39 is 0 Å². The first kappa shape index (κ1) is 20.6. The monoisotopic (exact) mass is 427 g/mol. The van der Waals surface area contributed by atoms with Crippen LogP contribution < -0.4 is 0 Å². The Balaban J connectivity index is 1.51. The number of oxazole rings is 1. The predicted molar refractivity (Wildman–Crippen MR) is 112 cm³/mol. The van der Waals surface area contributed by atoms with Crippen LogP contribution >= 0.6 is 11.6 Å². The second kappa shape index (κ2) is 9.41. The van der Waals surface area contributed by atoms with E-state index in [-0.39, 0.29) is 11.7 Å². The highest BCUT2D eigenvalue weighted by Crippen LogP contribution is 2.21. The maximum atomic E-state index is 13.3. The summed E-state index contributed by atoms with van der Waals surface area (Å²) in [6, 6.07) is 14.1. The number of hydrogen-bond acceptors (Lipinski definition) is 4. The van der Waals surface area contributed by atoms with Crippen molar-refractivity contribution < 1.29 is 13.6 Å². The van der Waals surface area contributed by atoms with Gasteiger partial charge in [-0.2, -0.15) is 0 Å². The second-order valence-corrected chi connectivity index (χ2v) is 7.90. The Bertz CT molecular complexity index is 1000. The van der Waals surface area contributed by atoms with Gasteiger partial charge in [0.1, 0.15) is 12.1 Å². The van der Waals surface area contributed by atoms with Gasteiger partial charge >= 0.3 is 0 Å². The third-order valence-corrected chi connectivity index (χ3v) is 5.56. The molecule has 0 saturated carbocycles. The first-order valence-electron chi connectivity index (χ1n) is 10.0. The lowest BCUT2D eigenvalue weighted by molar-refractivity contribution is 0.0787. The van der Waals surface area contributed by atoms with Crippen LogP contribution in [0.5, 0.6) is 0 Å². The highest BCUT2D eigenvalue weighted by atomic mass is 35.5. The van der Waals surface area contributed by atoms with E-state index in [2.05, 4.69) is 9.88 Å². The van der Waals surface area contributed by atoms with Crippen LogP contribution in [0, 0.1) is 5.82 Å². The molecule has 0 N–H and O–H groups in total. The summed E-state index contributed by atoms with van der Waals surface area (Å²) in [5.41, 5.74) is 2.27. The number of hydrogen-bond donors (Lipinski definition) is 0. The number of likely N-dealkylation sites (tertiary alicyclic amines) is 1. The van der Waals surface area contributed by atoms with Crippen molar-refractivity contribution in [2.75, 3.05) is 13.1 Å². The molecule has 1 aromatic heterocycles. The molecule has 3 aromatic rings. The Morgan fingerprint density at radius 1 is 1.07 bits per heavy atom. The predicted octanol–water partition coefficient (Wildman–Crippen LogP) is 4.91. The summed E-state index contributed by atoms with van der Waals surface area (Å²) in [4.78, 5) is 20.9. The SMILES string of the molecule is O=C(c1coc(CN(Cc2ccc(F)cc2)Cc2ccccc2Cl)n1)N1CCCC1. The zero-order chi connectivity index (χ0) is 20.9. The molecule has 30 heavy (non-hydrogen) atoms. The lowest BCUT2D eigenvalue weighted by Crippen LogP contribution is -2.28. The zero-order valence-electron chi connectivity index (χ0n) is 16.6. The summed E-state index contributed by atoms with van der Waals surface area (Å²) in [5.74, 6) is 0.111. The van der Waals surface area contributed by atoms with Crippen LogP contribution in [0.3, 0.4) is 0 Å². The quantitative estimate of drug-likeness (QED) is 0.537. The lowest BCUT2D eigenvalue weighted by atomic mass is 10.1. The average Bonchev–Trinajstić information content (AvgIpc) is 3.43. The fourth-order valence-corrected chi connectivity index (χ4v) is 3.83. The standard InChI is InChI=1S/C23H23ClFN3O2/c24-20-6-2-1-5-18(20)14-27(13-17-7-9-19(25)10-8-17)15-22-26-21(16-30-22)23(29)28-11-3-4-12-28/h1-2,5-10,16H,3-4,11-15H2. The van der Waals surface area contributed by atoms with Gasteiger partial charge in [-0.3, -0.25) is 9.69 Å². The minimum atomic E-state index is -0.269. The molecule has 7 heteroatoms. The molecule has 0 unspecified atom stereocenters. The van der Waals surface area contributed by atoms with E-state index in [1.807, 2.05) is 29.2 Å². The Kier molecular flexibility index (Phi) is 6.45. The highest BCUT2D eigenvalue weighted by molar-refractivity contribution is 6.31. The number of halogens is 2. The fourth-order valence-electron chi connectivity index (χ4n) is 3.64. The topological polar surface area (TPSA) is 49.6 Å². The van der Waals surface area contributed by atoms with E-state index in [1.165, 1.54) is 18.4 Å².